The fraction of sp³-hybridized carbons (Fsp3) is 0.538. The number of benzene rings is 1. The van der Waals surface area contributed by atoms with Crippen LogP contribution in [0.5, 0.6) is 0 Å². The highest BCUT2D eigenvalue weighted by atomic mass is 35.6. The van der Waals surface area contributed by atoms with Gasteiger partial charge in [0.1, 0.15) is 0 Å². The minimum atomic E-state index is -1.31. The topological polar surface area (TPSA) is 12.0 Å². The first-order chi connectivity index (χ1) is 8.05. The monoisotopic (exact) mass is 291 g/mol. The van der Waals surface area contributed by atoms with E-state index in [1.54, 1.807) is 0 Å². The van der Waals surface area contributed by atoms with Crippen LogP contribution in [0.3, 0.4) is 0 Å². The Balaban J connectivity index is 1.98. The molecule has 1 nitrogen and oxygen atoms in total. The Morgan fingerprint density at radius 1 is 1.18 bits per heavy atom. The molecule has 1 aliphatic heterocycles. The molecule has 1 aromatic rings. The Morgan fingerprint density at radius 2 is 1.88 bits per heavy atom. The summed E-state index contributed by atoms with van der Waals surface area (Å²) in [5, 5.41) is 3.43. The zero-order valence-corrected chi connectivity index (χ0v) is 11.8. The molecule has 94 valence electrons. The normalized spacial score (nSPS) is 21.5. The molecule has 0 radical (unpaired) electrons. The fourth-order valence-corrected chi connectivity index (χ4v) is 2.64. The van der Waals surface area contributed by atoms with Crippen molar-refractivity contribution < 1.29 is 0 Å². The van der Waals surface area contributed by atoms with Crippen LogP contribution in [0.25, 0.3) is 0 Å². The Hall–Kier alpha value is 0.0500. The highest BCUT2D eigenvalue weighted by molar-refractivity contribution is 6.66. The minimum absolute atomic E-state index is 0.730. The van der Waals surface area contributed by atoms with Crippen molar-refractivity contribution in [2.75, 3.05) is 13.1 Å². The lowest BCUT2D eigenvalue weighted by Crippen LogP contribution is -2.30. The molecule has 1 fully saturated rings. The first-order valence-corrected chi connectivity index (χ1v) is 7.06. The summed E-state index contributed by atoms with van der Waals surface area (Å²) in [6, 6.07) is 7.93. The summed E-state index contributed by atoms with van der Waals surface area (Å²) in [4.78, 5) is 0. The molecular formula is C13H16Cl3N. The van der Waals surface area contributed by atoms with Crippen molar-refractivity contribution in [3.63, 3.8) is 0 Å². The third-order valence-electron chi connectivity index (χ3n) is 3.20. The van der Waals surface area contributed by atoms with Crippen molar-refractivity contribution in [3.05, 3.63) is 35.4 Å². The third-order valence-corrected chi connectivity index (χ3v) is 3.86. The van der Waals surface area contributed by atoms with Crippen LogP contribution in [0.1, 0.15) is 24.0 Å². The zero-order chi connectivity index (χ0) is 12.3. The molecule has 1 N–H and O–H groups in total. The van der Waals surface area contributed by atoms with E-state index in [1.165, 1.54) is 18.4 Å². The van der Waals surface area contributed by atoms with Crippen LogP contribution < -0.4 is 5.32 Å². The van der Waals surface area contributed by atoms with Gasteiger partial charge in [0.2, 0.25) is 3.79 Å². The molecule has 1 aromatic carbocycles. The SMILES string of the molecule is ClC(Cl)(Cl)c1ccc(CC2CCCNC2)cc1. The van der Waals surface area contributed by atoms with Crippen LogP contribution >= 0.6 is 34.8 Å². The van der Waals surface area contributed by atoms with Crippen LogP contribution in [0.2, 0.25) is 0 Å². The van der Waals surface area contributed by atoms with Gasteiger partial charge < -0.3 is 5.32 Å². The van der Waals surface area contributed by atoms with Gasteiger partial charge in [-0.25, -0.2) is 0 Å². The number of piperidine rings is 1. The number of halogens is 3. The summed E-state index contributed by atoms with van der Waals surface area (Å²) in [5.41, 5.74) is 2.05. The average molecular weight is 293 g/mol. The number of alkyl halides is 3. The second-order valence-electron chi connectivity index (χ2n) is 4.61. The lowest BCUT2D eigenvalue weighted by Gasteiger charge is -2.23. The van der Waals surface area contributed by atoms with Crippen LogP contribution in [0.15, 0.2) is 24.3 Å². The molecule has 2 rings (SSSR count). The van der Waals surface area contributed by atoms with Gasteiger partial charge in [0.15, 0.2) is 0 Å². The minimum Gasteiger partial charge on any atom is -0.316 e. The van der Waals surface area contributed by atoms with E-state index in [-0.39, 0.29) is 0 Å². The molecule has 0 saturated carbocycles. The maximum absolute atomic E-state index is 5.82. The van der Waals surface area contributed by atoms with Gasteiger partial charge in [0, 0.05) is 5.56 Å². The van der Waals surface area contributed by atoms with Gasteiger partial charge in [0.05, 0.1) is 0 Å². The van der Waals surface area contributed by atoms with Gasteiger partial charge >= 0.3 is 0 Å². The third kappa shape index (κ3) is 4.03. The summed E-state index contributed by atoms with van der Waals surface area (Å²) >= 11 is 17.5. The quantitative estimate of drug-likeness (QED) is 0.811. The molecule has 0 amide bonds. The second-order valence-corrected chi connectivity index (χ2v) is 6.89. The molecule has 0 bridgehead atoms. The van der Waals surface area contributed by atoms with Crippen LogP contribution in [0, 0.1) is 5.92 Å². The lowest BCUT2D eigenvalue weighted by molar-refractivity contribution is 0.376. The summed E-state index contributed by atoms with van der Waals surface area (Å²) in [6.45, 7) is 2.27. The predicted octanol–water partition coefficient (Wildman–Crippen LogP) is 4.06. The summed E-state index contributed by atoms with van der Waals surface area (Å²) in [7, 11) is 0. The standard InChI is InChI=1S/C13H16Cl3N/c14-13(15,16)12-5-3-10(4-6-12)8-11-2-1-7-17-9-11/h3-6,11,17H,1-2,7-9H2. The zero-order valence-electron chi connectivity index (χ0n) is 9.56. The Morgan fingerprint density at radius 3 is 2.41 bits per heavy atom. The molecule has 1 aliphatic rings. The molecule has 1 heterocycles. The molecule has 0 spiro atoms. The molecule has 0 aliphatic carbocycles. The van der Waals surface area contributed by atoms with Crippen molar-refractivity contribution in [3.8, 4) is 0 Å². The number of hydrogen-bond donors (Lipinski definition) is 1. The highest BCUT2D eigenvalue weighted by Gasteiger charge is 2.22. The van der Waals surface area contributed by atoms with Crippen molar-refractivity contribution in [2.24, 2.45) is 5.92 Å². The predicted molar refractivity (Wildman–Crippen MR) is 75.0 cm³/mol. The van der Waals surface area contributed by atoms with E-state index in [2.05, 4.69) is 17.4 Å². The van der Waals surface area contributed by atoms with E-state index in [9.17, 15) is 0 Å². The van der Waals surface area contributed by atoms with Gasteiger partial charge in [-0.1, -0.05) is 59.1 Å². The van der Waals surface area contributed by atoms with Crippen LogP contribution in [-0.4, -0.2) is 13.1 Å². The van der Waals surface area contributed by atoms with Crippen LogP contribution in [0.4, 0.5) is 0 Å². The van der Waals surface area contributed by atoms with E-state index in [4.69, 9.17) is 34.8 Å². The highest BCUT2D eigenvalue weighted by Crippen LogP contribution is 2.38. The fourth-order valence-electron chi connectivity index (χ4n) is 2.26. The summed E-state index contributed by atoms with van der Waals surface area (Å²) in [5.74, 6) is 0.738. The molecule has 1 saturated heterocycles. The lowest BCUT2D eigenvalue weighted by atomic mass is 9.92. The Bertz CT molecular complexity index is 350. The number of nitrogens with one attached hydrogen (secondary N) is 1. The molecule has 4 heteroatoms. The van der Waals surface area contributed by atoms with E-state index < -0.39 is 3.79 Å². The van der Waals surface area contributed by atoms with Crippen molar-refractivity contribution in [1.29, 1.82) is 0 Å². The second kappa shape index (κ2) is 5.79. The Kier molecular flexibility index (Phi) is 4.59. The van der Waals surface area contributed by atoms with E-state index >= 15 is 0 Å². The smallest absolute Gasteiger partial charge is 0.216 e. The molecule has 1 unspecified atom stereocenters. The summed E-state index contributed by atoms with van der Waals surface area (Å²) in [6.07, 6.45) is 3.68. The van der Waals surface area contributed by atoms with Gasteiger partial charge in [-0.2, -0.15) is 0 Å². The molecule has 1 atom stereocenters. The first-order valence-electron chi connectivity index (χ1n) is 5.92. The van der Waals surface area contributed by atoms with E-state index in [1.807, 2.05) is 12.1 Å². The largest absolute Gasteiger partial charge is 0.316 e. The number of rotatable bonds is 2. The summed E-state index contributed by atoms with van der Waals surface area (Å²) < 4.78 is -1.31. The maximum Gasteiger partial charge on any atom is 0.216 e. The molecular weight excluding hydrogens is 277 g/mol. The van der Waals surface area contributed by atoms with Crippen molar-refractivity contribution in [2.45, 2.75) is 23.1 Å². The average Bonchev–Trinajstić information content (AvgIpc) is 2.30. The van der Waals surface area contributed by atoms with E-state index in [0.29, 0.717) is 0 Å². The Labute approximate surface area is 117 Å². The van der Waals surface area contributed by atoms with Gasteiger partial charge in [-0.3, -0.25) is 0 Å². The van der Waals surface area contributed by atoms with Gasteiger partial charge in [0.25, 0.3) is 0 Å². The first kappa shape index (κ1) is 13.5. The van der Waals surface area contributed by atoms with Gasteiger partial charge in [-0.15, -0.1) is 0 Å². The van der Waals surface area contributed by atoms with E-state index in [0.717, 1.165) is 31.0 Å². The molecule has 17 heavy (non-hydrogen) atoms. The van der Waals surface area contributed by atoms with Gasteiger partial charge in [-0.05, 0) is 43.8 Å². The maximum atomic E-state index is 5.82. The van der Waals surface area contributed by atoms with Crippen molar-refractivity contribution in [1.82, 2.24) is 5.32 Å². The number of hydrogen-bond acceptors (Lipinski definition) is 1. The van der Waals surface area contributed by atoms with Crippen LogP contribution in [-0.2, 0) is 10.2 Å². The molecule has 0 aromatic heterocycles. The van der Waals surface area contributed by atoms with Crippen molar-refractivity contribution >= 4 is 34.8 Å².